The van der Waals surface area contributed by atoms with Gasteiger partial charge in [-0.15, -0.1) is 0 Å². The van der Waals surface area contributed by atoms with Crippen molar-refractivity contribution in [3.8, 4) is 0 Å². The molecule has 2 N–H and O–H groups in total. The van der Waals surface area contributed by atoms with E-state index in [4.69, 9.17) is 5.11 Å². The molecule has 0 saturated carbocycles. The Morgan fingerprint density at radius 3 is 2.80 bits per heavy atom. The molecule has 1 amide bonds. The van der Waals surface area contributed by atoms with Crippen LogP contribution < -0.4 is 5.32 Å². The van der Waals surface area contributed by atoms with Gasteiger partial charge in [0.25, 0.3) is 0 Å². The van der Waals surface area contributed by atoms with Crippen molar-refractivity contribution in [2.75, 3.05) is 6.61 Å². The lowest BCUT2D eigenvalue weighted by atomic mass is 10.1. The minimum atomic E-state index is -1.28. The van der Waals surface area contributed by atoms with Crippen molar-refractivity contribution in [3.63, 3.8) is 0 Å². The number of halogens is 2. The summed E-state index contributed by atoms with van der Waals surface area (Å²) in [6, 6.07) is 2.99. The Labute approximate surface area is 123 Å². The van der Waals surface area contributed by atoms with Gasteiger partial charge in [-0.2, -0.15) is 0 Å². The van der Waals surface area contributed by atoms with Gasteiger partial charge in [0.05, 0.1) is 0 Å². The van der Waals surface area contributed by atoms with Crippen LogP contribution in [0.1, 0.15) is 5.56 Å². The number of carbonyl (C=O) groups is 2. The lowest BCUT2D eigenvalue weighted by molar-refractivity contribution is -0.139. The van der Waals surface area contributed by atoms with Gasteiger partial charge in [-0.25, -0.2) is 14.0 Å². The molecule has 1 aromatic carbocycles. The highest BCUT2D eigenvalue weighted by Crippen LogP contribution is 2.16. The second-order valence-electron chi connectivity index (χ2n) is 3.86. The highest BCUT2D eigenvalue weighted by molar-refractivity contribution is 9.10. The van der Waals surface area contributed by atoms with Crippen LogP contribution >= 0.6 is 15.9 Å². The minimum absolute atomic E-state index is 0.0369. The van der Waals surface area contributed by atoms with Gasteiger partial charge in [0, 0.05) is 10.9 Å². The van der Waals surface area contributed by atoms with Gasteiger partial charge >= 0.3 is 12.1 Å². The van der Waals surface area contributed by atoms with E-state index in [1.165, 1.54) is 18.2 Å². The van der Waals surface area contributed by atoms with Gasteiger partial charge in [0.2, 0.25) is 0 Å². The molecule has 0 fully saturated rings. The number of rotatable bonds is 6. The van der Waals surface area contributed by atoms with Crippen LogP contribution in [0, 0.1) is 5.82 Å². The molecule has 7 heteroatoms. The van der Waals surface area contributed by atoms with Gasteiger partial charge in [-0.1, -0.05) is 34.7 Å². The van der Waals surface area contributed by atoms with E-state index in [1.807, 2.05) is 0 Å². The van der Waals surface area contributed by atoms with Crippen molar-refractivity contribution in [3.05, 3.63) is 46.7 Å². The second-order valence-corrected chi connectivity index (χ2v) is 4.78. The van der Waals surface area contributed by atoms with Crippen LogP contribution in [0.15, 0.2) is 35.3 Å². The van der Waals surface area contributed by atoms with Crippen molar-refractivity contribution in [1.29, 1.82) is 0 Å². The molecule has 0 aliphatic rings. The van der Waals surface area contributed by atoms with Crippen LogP contribution in [0.25, 0.3) is 0 Å². The maximum Gasteiger partial charge on any atom is 0.408 e. The average Bonchev–Trinajstić information content (AvgIpc) is 2.38. The maximum absolute atomic E-state index is 13.6. The van der Waals surface area contributed by atoms with Gasteiger partial charge in [-0.3, -0.25) is 0 Å². The molecule has 0 radical (unpaired) electrons. The Hall–Kier alpha value is -1.89. The molecule has 20 heavy (non-hydrogen) atoms. The quantitative estimate of drug-likeness (QED) is 0.776. The van der Waals surface area contributed by atoms with Gasteiger partial charge < -0.3 is 15.2 Å². The third-order valence-corrected chi connectivity index (χ3v) is 2.85. The average molecular weight is 346 g/mol. The third-order valence-electron chi connectivity index (χ3n) is 2.36. The Morgan fingerprint density at radius 2 is 2.25 bits per heavy atom. The summed E-state index contributed by atoms with van der Waals surface area (Å²) in [7, 11) is 0. The number of carboxylic acids is 1. The van der Waals surface area contributed by atoms with Crippen LogP contribution in [0.4, 0.5) is 9.18 Å². The van der Waals surface area contributed by atoms with Crippen LogP contribution in [0.5, 0.6) is 0 Å². The Balaban J connectivity index is 2.74. The highest BCUT2D eigenvalue weighted by Gasteiger charge is 2.22. The van der Waals surface area contributed by atoms with E-state index in [2.05, 4.69) is 32.6 Å². The summed E-state index contributed by atoms with van der Waals surface area (Å²) in [6.07, 6.45) is 0.274. The second kappa shape index (κ2) is 7.64. The van der Waals surface area contributed by atoms with Gasteiger partial charge in [-0.05, 0) is 17.7 Å². The molecule has 1 atom stereocenters. The monoisotopic (exact) mass is 345 g/mol. The van der Waals surface area contributed by atoms with E-state index in [9.17, 15) is 14.0 Å². The molecule has 0 saturated heterocycles. The summed E-state index contributed by atoms with van der Waals surface area (Å²) < 4.78 is 18.8. The van der Waals surface area contributed by atoms with E-state index in [-0.39, 0.29) is 18.6 Å². The van der Waals surface area contributed by atoms with Gasteiger partial charge in [0.15, 0.2) is 0 Å². The largest absolute Gasteiger partial charge is 0.480 e. The molecular weight excluding hydrogens is 333 g/mol. The number of carboxylic acid groups (broad SMARTS) is 1. The normalized spacial score (nSPS) is 11.5. The summed E-state index contributed by atoms with van der Waals surface area (Å²) >= 11 is 3.10. The fraction of sp³-hybridized carbons (Fsp3) is 0.231. The molecule has 1 aromatic rings. The van der Waals surface area contributed by atoms with Crippen LogP contribution in [-0.4, -0.2) is 29.8 Å². The number of ether oxygens (including phenoxy) is 1. The zero-order chi connectivity index (χ0) is 15.1. The minimum Gasteiger partial charge on any atom is -0.480 e. The molecule has 5 nitrogen and oxygen atoms in total. The first-order valence-corrected chi connectivity index (χ1v) is 6.44. The topological polar surface area (TPSA) is 75.6 Å². The molecule has 0 aliphatic carbocycles. The molecular formula is C13H13BrFNO4. The van der Waals surface area contributed by atoms with Crippen LogP contribution in [0.3, 0.4) is 0 Å². The van der Waals surface area contributed by atoms with Crippen molar-refractivity contribution in [2.45, 2.75) is 12.5 Å². The molecule has 0 aliphatic heterocycles. The SMILES string of the molecule is C=CCOC(=O)N[C@@H](Cc1ccc(Br)cc1F)C(=O)O. The number of nitrogens with one attached hydrogen (secondary N) is 1. The van der Waals surface area contributed by atoms with Gasteiger partial charge in [0.1, 0.15) is 18.5 Å². The van der Waals surface area contributed by atoms with Crippen LogP contribution in [0.2, 0.25) is 0 Å². The summed E-state index contributed by atoms with van der Waals surface area (Å²) in [4.78, 5) is 22.4. The summed E-state index contributed by atoms with van der Waals surface area (Å²) in [5, 5.41) is 11.2. The van der Waals surface area contributed by atoms with E-state index >= 15 is 0 Å². The first-order valence-electron chi connectivity index (χ1n) is 5.65. The smallest absolute Gasteiger partial charge is 0.408 e. The lowest BCUT2D eigenvalue weighted by Gasteiger charge is -2.14. The van der Waals surface area contributed by atoms with Crippen molar-refractivity contribution < 1.29 is 23.8 Å². The molecule has 0 spiro atoms. The summed E-state index contributed by atoms with van der Waals surface area (Å²) in [6.45, 7) is 3.32. The third kappa shape index (κ3) is 5.00. The molecule has 0 heterocycles. The molecule has 0 unspecified atom stereocenters. The predicted octanol–water partition coefficient (Wildman–Crippen LogP) is 2.50. The highest BCUT2D eigenvalue weighted by atomic mass is 79.9. The number of alkyl carbamates (subject to hydrolysis) is 1. The molecule has 0 aromatic heterocycles. The molecule has 1 rings (SSSR count). The first kappa shape index (κ1) is 16.2. The molecule has 0 bridgehead atoms. The molecule has 108 valence electrons. The van der Waals surface area contributed by atoms with E-state index < -0.39 is 23.9 Å². The summed E-state index contributed by atoms with van der Waals surface area (Å²) in [5.41, 5.74) is 0.185. The number of hydrogen-bond donors (Lipinski definition) is 2. The van der Waals surface area contributed by atoms with E-state index in [0.717, 1.165) is 0 Å². The predicted molar refractivity (Wildman–Crippen MR) is 73.9 cm³/mol. The standard InChI is InChI=1S/C13H13BrFNO4/c1-2-5-20-13(19)16-11(12(17)18)6-8-3-4-9(14)7-10(8)15/h2-4,7,11H,1,5-6H2,(H,16,19)(H,17,18)/t11-/m0/s1. The summed E-state index contributed by atoms with van der Waals surface area (Å²) in [5.74, 6) is -1.82. The number of benzene rings is 1. The zero-order valence-electron chi connectivity index (χ0n) is 10.4. The number of aliphatic carboxylic acids is 1. The fourth-order valence-electron chi connectivity index (χ4n) is 1.43. The number of amides is 1. The van der Waals surface area contributed by atoms with E-state index in [0.29, 0.717) is 4.47 Å². The zero-order valence-corrected chi connectivity index (χ0v) is 12.0. The Morgan fingerprint density at radius 1 is 1.55 bits per heavy atom. The van der Waals surface area contributed by atoms with E-state index in [1.54, 1.807) is 6.07 Å². The Kier molecular flexibility index (Phi) is 6.17. The maximum atomic E-state index is 13.6. The lowest BCUT2D eigenvalue weighted by Crippen LogP contribution is -2.42. The number of carbonyl (C=O) groups excluding carboxylic acids is 1. The first-order chi connectivity index (χ1) is 9.43. The van der Waals surface area contributed by atoms with Crippen molar-refractivity contribution in [1.82, 2.24) is 5.32 Å². The Bertz CT molecular complexity index is 521. The van der Waals surface area contributed by atoms with Crippen LogP contribution in [-0.2, 0) is 16.0 Å². The van der Waals surface area contributed by atoms with Crippen molar-refractivity contribution in [2.24, 2.45) is 0 Å². The van der Waals surface area contributed by atoms with Crippen molar-refractivity contribution >= 4 is 28.0 Å². The fourth-order valence-corrected chi connectivity index (χ4v) is 1.76. The number of hydrogen-bond acceptors (Lipinski definition) is 3.